The number of nitrogens with one attached hydrogen (secondary N) is 3. The van der Waals surface area contributed by atoms with Gasteiger partial charge in [-0.1, -0.05) is 20.8 Å². The molecule has 9 nitrogen and oxygen atoms in total. The quantitative estimate of drug-likeness (QED) is 0.211. The summed E-state index contributed by atoms with van der Waals surface area (Å²) >= 11 is 0. The average molecular weight is 550 g/mol. The number of aromatic nitrogens is 6. The Labute approximate surface area is 235 Å². The topological polar surface area (TPSA) is 121 Å². The minimum Gasteiger partial charge on any atom is -0.497 e. The van der Waals surface area contributed by atoms with E-state index in [9.17, 15) is 9.18 Å². The maximum Gasteiger partial charge on any atom is 0.224 e. The van der Waals surface area contributed by atoms with Gasteiger partial charge < -0.3 is 15.0 Å². The molecule has 1 aromatic carbocycles. The summed E-state index contributed by atoms with van der Waals surface area (Å²) in [6, 6.07) is 12.2. The van der Waals surface area contributed by atoms with Crippen molar-refractivity contribution >= 4 is 33.5 Å². The minimum atomic E-state index is -0.394. The lowest BCUT2D eigenvalue weighted by Gasteiger charge is -2.17. The van der Waals surface area contributed by atoms with Crippen LogP contribution in [-0.4, -0.2) is 43.2 Å². The molecule has 41 heavy (non-hydrogen) atoms. The van der Waals surface area contributed by atoms with Crippen molar-refractivity contribution in [3.8, 4) is 39.5 Å². The van der Waals surface area contributed by atoms with E-state index in [4.69, 9.17) is 9.72 Å². The van der Waals surface area contributed by atoms with Gasteiger partial charge in [0.1, 0.15) is 22.8 Å². The number of H-pyrrole nitrogens is 2. The molecule has 5 aromatic heterocycles. The van der Waals surface area contributed by atoms with E-state index in [-0.39, 0.29) is 11.3 Å². The number of nitrogens with zero attached hydrogens (tertiary/aromatic N) is 4. The summed E-state index contributed by atoms with van der Waals surface area (Å²) in [7, 11) is 1.51. The van der Waals surface area contributed by atoms with Gasteiger partial charge in [0.25, 0.3) is 0 Å². The highest BCUT2D eigenvalue weighted by atomic mass is 19.1. The normalized spacial score (nSPS) is 11.7. The summed E-state index contributed by atoms with van der Waals surface area (Å²) in [4.78, 5) is 29.4. The van der Waals surface area contributed by atoms with Crippen LogP contribution in [0.2, 0.25) is 0 Å². The van der Waals surface area contributed by atoms with Gasteiger partial charge in [0.15, 0.2) is 0 Å². The molecule has 0 aliphatic rings. The van der Waals surface area contributed by atoms with Crippen LogP contribution in [0.4, 0.5) is 10.1 Å². The van der Waals surface area contributed by atoms with Crippen LogP contribution >= 0.6 is 0 Å². The van der Waals surface area contributed by atoms with Crippen LogP contribution in [0, 0.1) is 11.2 Å². The van der Waals surface area contributed by atoms with Crippen molar-refractivity contribution in [2.75, 3.05) is 12.4 Å². The number of halogens is 1. The number of aromatic amines is 2. The summed E-state index contributed by atoms with van der Waals surface area (Å²) in [5.41, 5.74) is 6.90. The molecular weight excluding hydrogens is 521 g/mol. The second-order valence-electron chi connectivity index (χ2n) is 11.1. The molecule has 0 aliphatic heterocycles. The first kappa shape index (κ1) is 26.1. The predicted molar refractivity (Wildman–Crippen MR) is 157 cm³/mol. The molecule has 0 saturated carbocycles. The smallest absolute Gasteiger partial charge is 0.224 e. The fourth-order valence-electron chi connectivity index (χ4n) is 4.83. The molecule has 3 N–H and O–H groups in total. The minimum absolute atomic E-state index is 0.0682. The summed E-state index contributed by atoms with van der Waals surface area (Å²) in [5.74, 6) is -0.0362. The first-order valence-electron chi connectivity index (χ1n) is 13.1. The van der Waals surface area contributed by atoms with Crippen LogP contribution in [-0.2, 0) is 4.79 Å². The number of carbonyl (C=O) groups excluding carboxylic acids is 1. The van der Waals surface area contributed by atoms with E-state index in [1.807, 2.05) is 45.0 Å². The number of ether oxygens (including phenoxy) is 1. The molecule has 6 rings (SSSR count). The number of pyridine rings is 3. The number of carbonyl (C=O) groups is 1. The van der Waals surface area contributed by atoms with E-state index in [1.165, 1.54) is 19.2 Å². The van der Waals surface area contributed by atoms with E-state index >= 15 is 0 Å². The van der Waals surface area contributed by atoms with Gasteiger partial charge in [-0.25, -0.2) is 9.37 Å². The molecule has 0 saturated heterocycles. The number of rotatable bonds is 6. The highest BCUT2D eigenvalue weighted by Crippen LogP contribution is 2.35. The number of hydrogen-bond donors (Lipinski definition) is 3. The molecule has 0 atom stereocenters. The molecule has 0 spiro atoms. The first-order chi connectivity index (χ1) is 19.7. The number of fused-ring (bicyclic) bond motifs is 2. The second-order valence-corrected chi connectivity index (χ2v) is 11.1. The highest BCUT2D eigenvalue weighted by molar-refractivity contribution is 6.00. The Morgan fingerprint density at radius 2 is 1.80 bits per heavy atom. The van der Waals surface area contributed by atoms with Crippen LogP contribution < -0.4 is 10.1 Å². The summed E-state index contributed by atoms with van der Waals surface area (Å²) < 4.78 is 19.5. The third kappa shape index (κ3) is 5.36. The molecule has 1 amide bonds. The van der Waals surface area contributed by atoms with E-state index in [1.54, 1.807) is 30.9 Å². The van der Waals surface area contributed by atoms with Crippen LogP contribution in [0.5, 0.6) is 5.75 Å². The Morgan fingerprint density at radius 1 is 0.976 bits per heavy atom. The van der Waals surface area contributed by atoms with Gasteiger partial charge in [0.2, 0.25) is 5.91 Å². The zero-order valence-electron chi connectivity index (χ0n) is 23.0. The summed E-state index contributed by atoms with van der Waals surface area (Å²) in [6.45, 7) is 6.06. The fourth-order valence-corrected chi connectivity index (χ4v) is 4.83. The van der Waals surface area contributed by atoms with Crippen molar-refractivity contribution in [3.63, 3.8) is 0 Å². The Morgan fingerprint density at radius 3 is 2.61 bits per heavy atom. The average Bonchev–Trinajstić information content (AvgIpc) is 3.55. The Kier molecular flexibility index (Phi) is 6.45. The first-order valence-corrected chi connectivity index (χ1v) is 13.1. The van der Waals surface area contributed by atoms with E-state index in [2.05, 4.69) is 30.5 Å². The Hall–Kier alpha value is -5.12. The van der Waals surface area contributed by atoms with Crippen LogP contribution in [0.1, 0.15) is 27.2 Å². The molecule has 0 fully saturated rings. The number of methoxy groups -OCH3 is 1. The third-order valence-corrected chi connectivity index (χ3v) is 6.64. The number of amides is 1. The lowest BCUT2D eigenvalue weighted by atomic mass is 9.92. The van der Waals surface area contributed by atoms with Gasteiger partial charge in [-0.15, -0.1) is 0 Å². The zero-order valence-corrected chi connectivity index (χ0v) is 23.0. The van der Waals surface area contributed by atoms with Gasteiger partial charge in [0, 0.05) is 41.4 Å². The van der Waals surface area contributed by atoms with Crippen LogP contribution in [0.15, 0.2) is 67.3 Å². The molecule has 0 bridgehead atoms. The maximum absolute atomic E-state index is 14.3. The van der Waals surface area contributed by atoms with Crippen molar-refractivity contribution in [1.29, 1.82) is 0 Å². The van der Waals surface area contributed by atoms with Gasteiger partial charge in [-0.3, -0.25) is 19.9 Å². The Balaban J connectivity index is 1.37. The molecule has 10 heteroatoms. The molecule has 0 unspecified atom stereocenters. The maximum atomic E-state index is 14.3. The van der Waals surface area contributed by atoms with E-state index < -0.39 is 5.82 Å². The van der Waals surface area contributed by atoms with E-state index in [0.717, 1.165) is 33.2 Å². The van der Waals surface area contributed by atoms with Crippen molar-refractivity contribution in [3.05, 3.63) is 73.1 Å². The van der Waals surface area contributed by atoms with Crippen LogP contribution in [0.3, 0.4) is 0 Å². The molecule has 6 aromatic rings. The Bertz CT molecular complexity index is 1920. The molecule has 5 heterocycles. The third-order valence-electron chi connectivity index (χ3n) is 6.64. The summed E-state index contributed by atoms with van der Waals surface area (Å²) in [6.07, 6.45) is 7.15. The van der Waals surface area contributed by atoms with Crippen molar-refractivity contribution < 1.29 is 13.9 Å². The number of anilines is 1. The molecule has 0 aliphatic carbocycles. The predicted octanol–water partition coefficient (Wildman–Crippen LogP) is 6.75. The van der Waals surface area contributed by atoms with Gasteiger partial charge in [-0.05, 0) is 47.4 Å². The standard InChI is InChI=1S/C31H28FN7O2/c1-31(2,3)12-28(40)35-20-8-18(13-33-14-20)24-5-6-25-29(37-24)30(39-38-25)26-11-22-23(15-34-16-27(22)36-26)17-7-19(32)10-21(9-17)41-4/h5-11,13-16,36H,12H2,1-4H3,(H,35,40)(H,38,39). The molecule has 0 radical (unpaired) electrons. The van der Waals surface area contributed by atoms with Crippen molar-refractivity contribution in [1.82, 2.24) is 30.1 Å². The summed E-state index contributed by atoms with van der Waals surface area (Å²) in [5, 5.41) is 11.4. The molecule has 206 valence electrons. The largest absolute Gasteiger partial charge is 0.497 e. The monoisotopic (exact) mass is 549 g/mol. The zero-order chi connectivity index (χ0) is 28.7. The van der Waals surface area contributed by atoms with Crippen molar-refractivity contribution in [2.45, 2.75) is 27.2 Å². The SMILES string of the molecule is COc1cc(F)cc(-c2cncc3[nH]c(-c4n[nH]c5ccc(-c6cncc(NC(=O)CC(C)(C)C)c6)nc45)cc23)c1. The lowest BCUT2D eigenvalue weighted by molar-refractivity contribution is -0.117. The van der Waals surface area contributed by atoms with Crippen molar-refractivity contribution in [2.24, 2.45) is 5.41 Å². The molecular formula is C31H28FN7O2. The van der Waals surface area contributed by atoms with E-state index in [0.29, 0.717) is 40.3 Å². The van der Waals surface area contributed by atoms with Gasteiger partial charge in [0.05, 0.1) is 47.6 Å². The highest BCUT2D eigenvalue weighted by Gasteiger charge is 2.18. The van der Waals surface area contributed by atoms with Crippen LogP contribution in [0.25, 0.3) is 55.7 Å². The fraction of sp³-hybridized carbons (Fsp3) is 0.194. The second kappa shape index (κ2) is 10.1. The number of benzene rings is 1. The number of hydrogen-bond acceptors (Lipinski definition) is 6. The lowest BCUT2D eigenvalue weighted by Crippen LogP contribution is -2.19. The van der Waals surface area contributed by atoms with Gasteiger partial charge >= 0.3 is 0 Å². The van der Waals surface area contributed by atoms with Gasteiger partial charge in [-0.2, -0.15) is 5.10 Å².